The van der Waals surface area contributed by atoms with Gasteiger partial charge in [0.25, 0.3) is 5.69 Å². The second kappa shape index (κ2) is 6.29. The normalized spacial score (nSPS) is 10.7. The summed E-state index contributed by atoms with van der Waals surface area (Å²) in [7, 11) is 1.85. The molecule has 0 aliphatic carbocycles. The molecule has 0 radical (unpaired) electrons. The van der Waals surface area contributed by atoms with Crippen LogP contribution in [0.4, 0.5) is 5.69 Å². The summed E-state index contributed by atoms with van der Waals surface area (Å²) in [5.41, 5.74) is 2.69. The fourth-order valence-electron chi connectivity index (χ4n) is 2.08. The van der Waals surface area contributed by atoms with E-state index in [2.05, 4.69) is 17.3 Å². The molecule has 106 valence electrons. The molecular formula is C14H18N4O2. The number of nitro groups is 1. The van der Waals surface area contributed by atoms with Gasteiger partial charge in [0.1, 0.15) is 0 Å². The molecule has 1 aromatic carbocycles. The predicted molar refractivity (Wildman–Crippen MR) is 77.3 cm³/mol. The van der Waals surface area contributed by atoms with Gasteiger partial charge in [-0.05, 0) is 13.0 Å². The molecule has 0 amide bonds. The smallest absolute Gasteiger partial charge is 0.270 e. The molecule has 0 saturated carbocycles. The Morgan fingerprint density at radius 2 is 2.25 bits per heavy atom. The van der Waals surface area contributed by atoms with E-state index in [1.807, 2.05) is 19.3 Å². The van der Waals surface area contributed by atoms with Crippen molar-refractivity contribution in [2.75, 3.05) is 6.54 Å². The SMILES string of the molecule is CCCNCc1cn(C)nc1-c1cccc([N+](=O)[O-])c1. The van der Waals surface area contributed by atoms with Crippen LogP contribution in [0.15, 0.2) is 30.5 Å². The molecule has 0 saturated heterocycles. The fraction of sp³-hybridized carbons (Fsp3) is 0.357. The Labute approximate surface area is 117 Å². The van der Waals surface area contributed by atoms with E-state index >= 15 is 0 Å². The van der Waals surface area contributed by atoms with Crippen molar-refractivity contribution >= 4 is 5.69 Å². The first-order valence-corrected chi connectivity index (χ1v) is 6.60. The highest BCUT2D eigenvalue weighted by molar-refractivity contribution is 5.65. The van der Waals surface area contributed by atoms with E-state index in [1.165, 1.54) is 6.07 Å². The van der Waals surface area contributed by atoms with Crippen LogP contribution in [-0.2, 0) is 13.6 Å². The Balaban J connectivity index is 2.31. The molecule has 1 N–H and O–H groups in total. The number of nitro benzene ring substituents is 1. The number of rotatable bonds is 6. The quantitative estimate of drug-likeness (QED) is 0.499. The largest absolute Gasteiger partial charge is 0.313 e. The van der Waals surface area contributed by atoms with Gasteiger partial charge in [0.15, 0.2) is 0 Å². The minimum Gasteiger partial charge on any atom is -0.313 e. The lowest BCUT2D eigenvalue weighted by Gasteiger charge is -2.04. The molecule has 0 spiro atoms. The van der Waals surface area contributed by atoms with Crippen LogP contribution in [0.25, 0.3) is 11.3 Å². The van der Waals surface area contributed by atoms with Crippen LogP contribution in [0.3, 0.4) is 0 Å². The summed E-state index contributed by atoms with van der Waals surface area (Å²) in [5.74, 6) is 0. The van der Waals surface area contributed by atoms with Gasteiger partial charge in [0, 0.05) is 43.0 Å². The lowest BCUT2D eigenvalue weighted by Crippen LogP contribution is -2.13. The van der Waals surface area contributed by atoms with Gasteiger partial charge in [0.05, 0.1) is 10.6 Å². The van der Waals surface area contributed by atoms with E-state index in [9.17, 15) is 10.1 Å². The predicted octanol–water partition coefficient (Wildman–Crippen LogP) is 2.49. The lowest BCUT2D eigenvalue weighted by molar-refractivity contribution is -0.384. The van der Waals surface area contributed by atoms with Gasteiger partial charge in [-0.3, -0.25) is 14.8 Å². The highest BCUT2D eigenvalue weighted by Gasteiger charge is 2.13. The van der Waals surface area contributed by atoms with E-state index in [4.69, 9.17) is 0 Å². The van der Waals surface area contributed by atoms with E-state index in [0.717, 1.165) is 29.8 Å². The van der Waals surface area contributed by atoms with Crippen LogP contribution in [0.2, 0.25) is 0 Å². The molecule has 0 unspecified atom stereocenters. The highest BCUT2D eigenvalue weighted by atomic mass is 16.6. The molecule has 0 aliphatic rings. The van der Waals surface area contributed by atoms with Crippen molar-refractivity contribution in [3.05, 3.63) is 46.1 Å². The molecule has 0 aliphatic heterocycles. The van der Waals surface area contributed by atoms with Crippen molar-refractivity contribution < 1.29 is 4.92 Å². The summed E-state index contributed by atoms with van der Waals surface area (Å²) in [5, 5.41) is 18.6. The van der Waals surface area contributed by atoms with E-state index in [1.54, 1.807) is 16.8 Å². The Bertz CT molecular complexity index is 607. The monoisotopic (exact) mass is 274 g/mol. The van der Waals surface area contributed by atoms with Crippen LogP contribution in [0, 0.1) is 10.1 Å². The molecule has 6 nitrogen and oxygen atoms in total. The maximum absolute atomic E-state index is 10.9. The molecule has 1 aromatic heterocycles. The zero-order chi connectivity index (χ0) is 14.5. The van der Waals surface area contributed by atoms with E-state index in [0.29, 0.717) is 6.54 Å². The van der Waals surface area contributed by atoms with Crippen LogP contribution in [-0.4, -0.2) is 21.2 Å². The maximum Gasteiger partial charge on any atom is 0.270 e. The molecule has 0 atom stereocenters. The third-order valence-electron chi connectivity index (χ3n) is 2.98. The number of nitrogens with one attached hydrogen (secondary N) is 1. The molecule has 2 aromatic rings. The highest BCUT2D eigenvalue weighted by Crippen LogP contribution is 2.25. The Morgan fingerprint density at radius 3 is 2.95 bits per heavy atom. The molecule has 0 fully saturated rings. The van der Waals surface area contributed by atoms with Crippen molar-refractivity contribution in [1.82, 2.24) is 15.1 Å². The number of hydrogen-bond donors (Lipinski definition) is 1. The fourth-order valence-corrected chi connectivity index (χ4v) is 2.08. The van der Waals surface area contributed by atoms with E-state index in [-0.39, 0.29) is 10.6 Å². The van der Waals surface area contributed by atoms with Gasteiger partial charge < -0.3 is 5.32 Å². The zero-order valence-electron chi connectivity index (χ0n) is 11.7. The lowest BCUT2D eigenvalue weighted by atomic mass is 10.1. The van der Waals surface area contributed by atoms with Gasteiger partial charge >= 0.3 is 0 Å². The maximum atomic E-state index is 10.9. The summed E-state index contributed by atoms with van der Waals surface area (Å²) in [6.45, 7) is 3.75. The first-order chi connectivity index (χ1) is 9.61. The number of nitrogens with zero attached hydrogens (tertiary/aromatic N) is 3. The third-order valence-corrected chi connectivity index (χ3v) is 2.98. The number of aryl methyl sites for hydroxylation is 1. The topological polar surface area (TPSA) is 73.0 Å². The average molecular weight is 274 g/mol. The first kappa shape index (κ1) is 14.2. The minimum atomic E-state index is -0.387. The number of hydrogen-bond acceptors (Lipinski definition) is 4. The van der Waals surface area contributed by atoms with Crippen LogP contribution in [0.1, 0.15) is 18.9 Å². The van der Waals surface area contributed by atoms with Gasteiger partial charge in [0.2, 0.25) is 0 Å². The summed E-state index contributed by atoms with van der Waals surface area (Å²) in [4.78, 5) is 10.5. The molecule has 0 bridgehead atoms. The second-order valence-electron chi connectivity index (χ2n) is 4.66. The molecule has 20 heavy (non-hydrogen) atoms. The van der Waals surface area contributed by atoms with Gasteiger partial charge in [-0.15, -0.1) is 0 Å². The van der Waals surface area contributed by atoms with E-state index < -0.39 is 0 Å². The molecule has 6 heteroatoms. The first-order valence-electron chi connectivity index (χ1n) is 6.60. The van der Waals surface area contributed by atoms with Crippen LogP contribution >= 0.6 is 0 Å². The summed E-state index contributed by atoms with van der Waals surface area (Å²) in [6, 6.07) is 6.58. The van der Waals surface area contributed by atoms with Crippen molar-refractivity contribution in [3.63, 3.8) is 0 Å². The van der Waals surface area contributed by atoms with Gasteiger partial charge in [-0.25, -0.2) is 0 Å². The van der Waals surface area contributed by atoms with Crippen molar-refractivity contribution in [3.8, 4) is 11.3 Å². The number of aromatic nitrogens is 2. The zero-order valence-corrected chi connectivity index (χ0v) is 11.7. The van der Waals surface area contributed by atoms with Crippen molar-refractivity contribution in [2.24, 2.45) is 7.05 Å². The van der Waals surface area contributed by atoms with Crippen LogP contribution in [0.5, 0.6) is 0 Å². The Hall–Kier alpha value is -2.21. The number of non-ortho nitro benzene ring substituents is 1. The summed E-state index contributed by atoms with van der Waals surface area (Å²) in [6.07, 6.45) is 3.00. The van der Waals surface area contributed by atoms with Crippen molar-refractivity contribution in [1.29, 1.82) is 0 Å². The third kappa shape index (κ3) is 3.21. The number of benzene rings is 1. The van der Waals surface area contributed by atoms with Crippen LogP contribution < -0.4 is 5.32 Å². The van der Waals surface area contributed by atoms with Gasteiger partial charge in [-0.1, -0.05) is 19.1 Å². The average Bonchev–Trinajstić information content (AvgIpc) is 2.80. The summed E-state index contributed by atoms with van der Waals surface area (Å²) >= 11 is 0. The summed E-state index contributed by atoms with van der Waals surface area (Å²) < 4.78 is 1.73. The Morgan fingerprint density at radius 1 is 1.45 bits per heavy atom. The van der Waals surface area contributed by atoms with Gasteiger partial charge in [-0.2, -0.15) is 5.10 Å². The molecule has 2 rings (SSSR count). The second-order valence-corrected chi connectivity index (χ2v) is 4.66. The molecular weight excluding hydrogens is 256 g/mol. The standard InChI is InChI=1S/C14H18N4O2/c1-3-7-15-9-12-10-17(2)16-14(12)11-5-4-6-13(8-11)18(19)20/h4-6,8,10,15H,3,7,9H2,1-2H3. The Kier molecular flexibility index (Phi) is 4.47. The molecule has 1 heterocycles. The van der Waals surface area contributed by atoms with Crippen molar-refractivity contribution in [2.45, 2.75) is 19.9 Å². The minimum absolute atomic E-state index is 0.0839.